The predicted octanol–water partition coefficient (Wildman–Crippen LogP) is 3.69. The van der Waals surface area contributed by atoms with Gasteiger partial charge in [0.1, 0.15) is 5.82 Å². The number of aryl methyl sites for hydroxylation is 1. The molecule has 4 rings (SSSR count). The van der Waals surface area contributed by atoms with Crippen molar-refractivity contribution in [1.82, 2.24) is 10.3 Å². The van der Waals surface area contributed by atoms with Crippen molar-refractivity contribution in [1.29, 1.82) is 0 Å². The number of carbonyl (C=O) groups is 2. The van der Waals surface area contributed by atoms with Crippen LogP contribution in [0.5, 0.6) is 0 Å². The molecule has 0 radical (unpaired) electrons. The van der Waals surface area contributed by atoms with Crippen LogP contribution >= 0.6 is 0 Å². The summed E-state index contributed by atoms with van der Waals surface area (Å²) in [4.78, 5) is 34.0. The molecule has 182 valence electrons. The van der Waals surface area contributed by atoms with E-state index >= 15 is 0 Å². The summed E-state index contributed by atoms with van der Waals surface area (Å²) in [5.74, 6) is 0.0875. The zero-order valence-corrected chi connectivity index (χ0v) is 20.3. The molecular weight excluding hydrogens is 442 g/mol. The number of aliphatic hydroxyl groups is 1. The van der Waals surface area contributed by atoms with Crippen LogP contribution in [0, 0.1) is 6.92 Å². The molecule has 1 aliphatic rings. The number of fused-ring (bicyclic) bond motifs is 1. The van der Waals surface area contributed by atoms with Crippen molar-refractivity contribution in [2.45, 2.75) is 38.3 Å². The third-order valence-corrected chi connectivity index (χ3v) is 6.64. The number of nitrogens with one attached hydrogen (secondary N) is 1. The van der Waals surface area contributed by atoms with Gasteiger partial charge in [0.15, 0.2) is 0 Å². The number of hydrogen-bond acceptors (Lipinski definition) is 5. The van der Waals surface area contributed by atoms with E-state index in [1.807, 2.05) is 68.4 Å². The second-order valence-electron chi connectivity index (χ2n) is 9.02. The van der Waals surface area contributed by atoms with Gasteiger partial charge in [-0.3, -0.25) is 14.5 Å². The highest BCUT2D eigenvalue weighted by Gasteiger charge is 2.53. The number of methoxy groups -OCH3 is 1. The number of hydrogen-bond donors (Lipinski definition) is 2. The van der Waals surface area contributed by atoms with E-state index in [2.05, 4.69) is 10.3 Å². The lowest BCUT2D eigenvalue weighted by Crippen LogP contribution is -2.57. The van der Waals surface area contributed by atoms with Gasteiger partial charge < -0.3 is 15.2 Å². The molecule has 7 nitrogen and oxygen atoms in total. The summed E-state index contributed by atoms with van der Waals surface area (Å²) in [5.41, 5.74) is 2.55. The number of aromatic nitrogens is 1. The van der Waals surface area contributed by atoms with E-state index in [-0.39, 0.29) is 18.4 Å². The van der Waals surface area contributed by atoms with Gasteiger partial charge in [-0.1, -0.05) is 48.5 Å². The Balaban J connectivity index is 1.91. The highest BCUT2D eigenvalue weighted by molar-refractivity contribution is 6.12. The van der Waals surface area contributed by atoms with Crippen molar-refractivity contribution in [2.24, 2.45) is 0 Å². The summed E-state index contributed by atoms with van der Waals surface area (Å²) >= 11 is 0. The Hall–Kier alpha value is -3.55. The lowest BCUT2D eigenvalue weighted by molar-refractivity contribution is -0.127. The van der Waals surface area contributed by atoms with Crippen molar-refractivity contribution in [3.8, 4) is 0 Å². The first kappa shape index (κ1) is 24.6. The van der Waals surface area contributed by atoms with Crippen LogP contribution in [0.2, 0.25) is 0 Å². The molecule has 0 aliphatic carbocycles. The Morgan fingerprint density at radius 1 is 1.14 bits per heavy atom. The number of pyridine rings is 1. The second kappa shape index (κ2) is 10.4. The number of ether oxygens (including phenoxy) is 1. The van der Waals surface area contributed by atoms with Crippen LogP contribution in [0.1, 0.15) is 52.0 Å². The number of benzene rings is 2. The molecule has 3 aromatic rings. The molecule has 35 heavy (non-hydrogen) atoms. The smallest absolute Gasteiger partial charge is 0.260 e. The molecule has 2 aromatic carbocycles. The van der Waals surface area contributed by atoms with E-state index < -0.39 is 11.5 Å². The normalized spacial score (nSPS) is 19.4. The minimum Gasteiger partial charge on any atom is -0.392 e. The summed E-state index contributed by atoms with van der Waals surface area (Å²) in [6.45, 7) is 4.73. The fourth-order valence-corrected chi connectivity index (χ4v) is 4.75. The van der Waals surface area contributed by atoms with Crippen molar-refractivity contribution in [3.63, 3.8) is 0 Å². The van der Waals surface area contributed by atoms with E-state index in [1.54, 1.807) is 24.3 Å². The summed E-state index contributed by atoms with van der Waals surface area (Å²) in [5, 5.41) is 12.6. The van der Waals surface area contributed by atoms with Gasteiger partial charge >= 0.3 is 0 Å². The molecule has 0 bridgehead atoms. The van der Waals surface area contributed by atoms with Gasteiger partial charge in [0.05, 0.1) is 18.1 Å². The van der Waals surface area contributed by atoms with E-state index in [9.17, 15) is 14.7 Å². The molecule has 0 unspecified atom stereocenters. The maximum absolute atomic E-state index is 13.9. The van der Waals surface area contributed by atoms with Crippen LogP contribution < -0.4 is 10.2 Å². The fraction of sp³-hybridized carbons (Fsp3) is 0.321. The molecule has 0 spiro atoms. The van der Waals surface area contributed by atoms with Crippen LogP contribution in [0.15, 0.2) is 66.9 Å². The highest BCUT2D eigenvalue weighted by Crippen LogP contribution is 2.48. The predicted molar refractivity (Wildman–Crippen MR) is 134 cm³/mol. The van der Waals surface area contributed by atoms with Gasteiger partial charge in [-0.05, 0) is 54.7 Å². The van der Waals surface area contributed by atoms with Crippen LogP contribution in [0.3, 0.4) is 0 Å². The molecule has 0 fully saturated rings. The standard InChI is InChI=1S/C28H31N3O4/c1-19-9-14-24(30-17-19)31-25(21-12-10-20(18-32)11-13-21)28(2,27(34)29-15-6-16-35-3)23-8-5-4-7-22(23)26(31)33/h4-5,7-14,17,25,32H,6,15-16,18H2,1-3H3,(H,29,34)/t25-,28-/m0/s1. The molecule has 2 atom stereocenters. The maximum atomic E-state index is 13.9. The van der Waals surface area contributed by atoms with E-state index in [0.717, 1.165) is 16.7 Å². The Morgan fingerprint density at radius 3 is 2.54 bits per heavy atom. The summed E-state index contributed by atoms with van der Waals surface area (Å²) in [6, 6.07) is 17.7. The third kappa shape index (κ3) is 4.57. The molecule has 2 amide bonds. The zero-order valence-electron chi connectivity index (χ0n) is 20.3. The Labute approximate surface area is 205 Å². The molecule has 2 N–H and O–H groups in total. The summed E-state index contributed by atoms with van der Waals surface area (Å²) < 4.78 is 5.13. The number of nitrogens with zero attached hydrogens (tertiary/aromatic N) is 2. The summed E-state index contributed by atoms with van der Waals surface area (Å²) in [7, 11) is 1.63. The van der Waals surface area contributed by atoms with Crippen molar-refractivity contribution in [2.75, 3.05) is 25.2 Å². The van der Waals surface area contributed by atoms with Gasteiger partial charge in [-0.2, -0.15) is 0 Å². The van der Waals surface area contributed by atoms with Crippen LogP contribution in [-0.2, 0) is 21.6 Å². The van der Waals surface area contributed by atoms with Gasteiger partial charge in [-0.15, -0.1) is 0 Å². The SMILES string of the molecule is COCCCNC(=O)[C@@]1(C)c2ccccc2C(=O)N(c2ccc(C)cn2)[C@H]1c1ccc(CO)cc1. The Kier molecular flexibility index (Phi) is 7.28. The number of anilines is 1. The maximum Gasteiger partial charge on any atom is 0.260 e. The highest BCUT2D eigenvalue weighted by atomic mass is 16.5. The van der Waals surface area contributed by atoms with Crippen molar-refractivity contribution < 1.29 is 19.4 Å². The Morgan fingerprint density at radius 2 is 1.89 bits per heavy atom. The fourth-order valence-electron chi connectivity index (χ4n) is 4.75. The quantitative estimate of drug-likeness (QED) is 0.487. The van der Waals surface area contributed by atoms with Gasteiger partial charge in [0, 0.05) is 32.0 Å². The second-order valence-corrected chi connectivity index (χ2v) is 9.02. The van der Waals surface area contributed by atoms with E-state index in [0.29, 0.717) is 36.5 Å². The molecule has 1 aliphatic heterocycles. The van der Waals surface area contributed by atoms with Crippen LogP contribution in [-0.4, -0.2) is 42.2 Å². The first-order valence-electron chi connectivity index (χ1n) is 11.7. The number of amides is 2. The Bertz CT molecular complexity index is 1190. The van der Waals surface area contributed by atoms with Gasteiger partial charge in [0.2, 0.25) is 5.91 Å². The lowest BCUT2D eigenvalue weighted by atomic mass is 9.67. The molecule has 0 saturated heterocycles. The number of aliphatic hydroxyl groups excluding tert-OH is 1. The molecule has 7 heteroatoms. The number of carbonyl (C=O) groups excluding carboxylic acids is 2. The topological polar surface area (TPSA) is 91.8 Å². The van der Waals surface area contributed by atoms with Crippen LogP contribution in [0.25, 0.3) is 0 Å². The minimum atomic E-state index is -1.11. The average molecular weight is 474 g/mol. The molecule has 1 aromatic heterocycles. The van der Waals surface area contributed by atoms with Crippen molar-refractivity contribution >= 4 is 17.6 Å². The first-order valence-corrected chi connectivity index (χ1v) is 11.7. The van der Waals surface area contributed by atoms with E-state index in [1.165, 1.54) is 0 Å². The minimum absolute atomic E-state index is 0.0901. The van der Waals surface area contributed by atoms with Gasteiger partial charge in [-0.25, -0.2) is 4.98 Å². The summed E-state index contributed by atoms with van der Waals surface area (Å²) in [6.07, 6.45) is 2.40. The number of rotatable bonds is 8. The first-order chi connectivity index (χ1) is 16.9. The van der Waals surface area contributed by atoms with Crippen LogP contribution in [0.4, 0.5) is 5.82 Å². The molecular formula is C28H31N3O4. The van der Waals surface area contributed by atoms with Gasteiger partial charge in [0.25, 0.3) is 5.91 Å². The molecule has 2 heterocycles. The molecule has 0 saturated carbocycles. The largest absolute Gasteiger partial charge is 0.392 e. The van der Waals surface area contributed by atoms with E-state index in [4.69, 9.17) is 4.74 Å². The monoisotopic (exact) mass is 473 g/mol. The average Bonchev–Trinajstić information content (AvgIpc) is 2.89. The lowest BCUT2D eigenvalue weighted by Gasteiger charge is -2.47. The van der Waals surface area contributed by atoms with Crippen molar-refractivity contribution in [3.05, 3.63) is 94.7 Å². The third-order valence-electron chi connectivity index (χ3n) is 6.64. The zero-order chi connectivity index (χ0) is 25.0.